The first-order chi connectivity index (χ1) is 23.1. The highest BCUT2D eigenvalue weighted by Gasteiger charge is 2.28. The van der Waals surface area contributed by atoms with Crippen LogP contribution in [-0.2, 0) is 0 Å². The molecule has 0 aliphatic heterocycles. The van der Waals surface area contributed by atoms with Crippen LogP contribution >= 0.6 is 0 Å². The fourth-order valence-electron chi connectivity index (χ4n) is 7.09. The van der Waals surface area contributed by atoms with Gasteiger partial charge in [-0.2, -0.15) is 0 Å². The second-order valence-corrected chi connectivity index (χ2v) is 12.1. The van der Waals surface area contributed by atoms with Crippen molar-refractivity contribution < 1.29 is 0 Å². The molecule has 0 heterocycles. The number of hydrogen-bond acceptors (Lipinski definition) is 0. The second kappa shape index (κ2) is 11.8. The first kappa shape index (κ1) is 34.0. The average molecular weight is 578 g/mol. The average Bonchev–Trinajstić information content (AvgIpc) is 3.10. The maximum atomic E-state index is 6.93. The maximum absolute atomic E-state index is 6.93. The molecule has 188 valence electrons. The molecular formula is C34H7B15. The molecule has 7 rings (SSSR count). The van der Waals surface area contributed by atoms with Crippen molar-refractivity contribution in [3.05, 3.63) is 42.5 Å². The molecule has 49 heavy (non-hydrogen) atoms. The van der Waals surface area contributed by atoms with E-state index in [-0.39, 0.29) is 104 Å². The molecule has 0 unspecified atom stereocenters. The Hall–Kier alpha value is -3.45. The predicted molar refractivity (Wildman–Crippen MR) is 228 cm³/mol. The number of hydrogen-bond donors (Lipinski definition) is 0. The Bertz CT molecular complexity index is 2570. The lowest BCUT2D eigenvalue weighted by Crippen LogP contribution is -2.53. The van der Waals surface area contributed by atoms with Crippen LogP contribution in [0.3, 0.4) is 0 Å². The van der Waals surface area contributed by atoms with E-state index in [1.165, 1.54) is 0 Å². The SMILES string of the molecule is [B]c1c([B])c([B])c2c(-c3c4c([B])c([B])c([B])c([B])c4c(-c4cccc5ccccc45)c4c([B])c([B])c([B])c([B])c34)c([B])c([B])c([B])c2c1[B]. The van der Waals surface area contributed by atoms with Crippen LogP contribution < -0.4 is 81.9 Å². The van der Waals surface area contributed by atoms with Crippen LogP contribution in [0.5, 0.6) is 0 Å². The van der Waals surface area contributed by atoms with E-state index in [2.05, 4.69) is 0 Å². The first-order valence-corrected chi connectivity index (χ1v) is 14.9. The van der Waals surface area contributed by atoms with Gasteiger partial charge in [0.25, 0.3) is 0 Å². The molecule has 0 saturated carbocycles. The molecule has 15 heteroatoms. The minimum Gasteiger partial charge on any atom is -0.110 e. The molecule has 7 aromatic carbocycles. The third kappa shape index (κ3) is 4.52. The summed E-state index contributed by atoms with van der Waals surface area (Å²) in [6.07, 6.45) is 0. The maximum Gasteiger partial charge on any atom is 0.113 e. The zero-order chi connectivity index (χ0) is 35.5. The zero-order valence-corrected chi connectivity index (χ0v) is 26.2. The van der Waals surface area contributed by atoms with Gasteiger partial charge in [0.05, 0.1) is 0 Å². The standard InChI is InChI=1S/C34H7B15/c35-20-13-11(10-7-3-5-8-4-1-2-6-9(8)10)14-16(24(39)32(47)30(45)21(14)36)12(15(13)23(38)31(46)29(20)44)17-18-19(26(41)28(43)22(17)37)27(42)34(49)33(48)25(18)40/h1-7H. The number of fused-ring (bicyclic) bond motifs is 4. The minimum absolute atomic E-state index is 0.00645. The monoisotopic (exact) mass is 580 g/mol. The van der Waals surface area contributed by atoms with Gasteiger partial charge in [-0.05, 0) is 65.3 Å². The van der Waals surface area contributed by atoms with Gasteiger partial charge in [-0.1, -0.05) is 86.2 Å². The van der Waals surface area contributed by atoms with Crippen molar-refractivity contribution in [2.24, 2.45) is 0 Å². The van der Waals surface area contributed by atoms with Crippen LogP contribution in [0.15, 0.2) is 42.5 Å². The topological polar surface area (TPSA) is 0 Å². The van der Waals surface area contributed by atoms with Crippen LogP contribution in [0.4, 0.5) is 0 Å². The van der Waals surface area contributed by atoms with Crippen molar-refractivity contribution in [1.82, 2.24) is 0 Å². The minimum atomic E-state index is -0.0258. The normalized spacial score (nSPS) is 11.7. The van der Waals surface area contributed by atoms with Gasteiger partial charge >= 0.3 is 0 Å². The molecule has 0 spiro atoms. The quantitative estimate of drug-likeness (QED) is 0.142. The van der Waals surface area contributed by atoms with Crippen LogP contribution in [0.25, 0.3) is 65.3 Å². The van der Waals surface area contributed by atoms with E-state index >= 15 is 0 Å². The van der Waals surface area contributed by atoms with Gasteiger partial charge in [-0.15, -0.1) is 38.2 Å². The fraction of sp³-hybridized carbons (Fsp3) is 0. The predicted octanol–water partition coefficient (Wildman–Crippen LogP) is -8.46. The smallest absolute Gasteiger partial charge is 0.110 e. The molecule has 30 radical (unpaired) electrons. The second-order valence-electron chi connectivity index (χ2n) is 12.1. The Labute approximate surface area is 306 Å². The summed E-state index contributed by atoms with van der Waals surface area (Å²) in [5.41, 5.74) is 2.10. The van der Waals surface area contributed by atoms with Crippen LogP contribution in [0, 0.1) is 0 Å². The van der Waals surface area contributed by atoms with E-state index < -0.39 is 0 Å². The largest absolute Gasteiger partial charge is 0.113 e. The van der Waals surface area contributed by atoms with Crippen molar-refractivity contribution in [3.8, 4) is 22.3 Å². The van der Waals surface area contributed by atoms with Crippen LogP contribution in [-0.4, -0.2) is 118 Å². The molecule has 0 aliphatic carbocycles. The van der Waals surface area contributed by atoms with E-state index in [1.807, 2.05) is 42.5 Å². The molecule has 0 nitrogen and oxygen atoms in total. The van der Waals surface area contributed by atoms with Crippen molar-refractivity contribution in [2.45, 2.75) is 0 Å². The highest BCUT2D eigenvalue weighted by molar-refractivity contribution is 6.75. The van der Waals surface area contributed by atoms with Gasteiger partial charge in [-0.3, -0.25) is 0 Å². The van der Waals surface area contributed by atoms with Gasteiger partial charge < -0.3 is 0 Å². The van der Waals surface area contributed by atoms with Gasteiger partial charge in [0.15, 0.2) is 0 Å². The van der Waals surface area contributed by atoms with E-state index in [4.69, 9.17) is 118 Å². The molecule has 0 aliphatic rings. The Morgan fingerprint density at radius 1 is 0.245 bits per heavy atom. The molecule has 0 amide bonds. The van der Waals surface area contributed by atoms with Crippen molar-refractivity contribution in [2.75, 3.05) is 0 Å². The summed E-state index contributed by atoms with van der Waals surface area (Å²) < 4.78 is 0. The van der Waals surface area contributed by atoms with Crippen LogP contribution in [0.2, 0.25) is 0 Å². The summed E-state index contributed by atoms with van der Waals surface area (Å²) >= 11 is 0. The summed E-state index contributed by atoms with van der Waals surface area (Å²) in [6, 6.07) is 13.5. The highest BCUT2D eigenvalue weighted by Crippen LogP contribution is 2.43. The molecule has 0 fully saturated rings. The van der Waals surface area contributed by atoms with Gasteiger partial charge in [0, 0.05) is 0 Å². The van der Waals surface area contributed by atoms with E-state index in [0.717, 1.165) is 10.8 Å². The first-order valence-electron chi connectivity index (χ1n) is 14.9. The number of rotatable bonds is 2. The molecule has 7 aromatic rings. The van der Waals surface area contributed by atoms with Crippen LogP contribution in [0.1, 0.15) is 0 Å². The van der Waals surface area contributed by atoms with Crippen molar-refractivity contribution >= 4 is 243 Å². The highest BCUT2D eigenvalue weighted by atomic mass is 14.3. The Kier molecular flexibility index (Phi) is 8.21. The summed E-state index contributed by atoms with van der Waals surface area (Å²) in [5.74, 6) is 0. The number of benzene rings is 7. The molecule has 0 atom stereocenters. The Morgan fingerprint density at radius 2 is 0.571 bits per heavy atom. The lowest BCUT2D eigenvalue weighted by atomic mass is 9.56. The Morgan fingerprint density at radius 3 is 1.02 bits per heavy atom. The summed E-state index contributed by atoms with van der Waals surface area (Å²) in [7, 11) is 99.8. The lowest BCUT2D eigenvalue weighted by molar-refractivity contribution is 1.73. The van der Waals surface area contributed by atoms with E-state index in [9.17, 15) is 0 Å². The molecule has 0 bridgehead atoms. The summed E-state index contributed by atoms with van der Waals surface area (Å²) in [5, 5.41) is 3.52. The molecule has 0 N–H and O–H groups in total. The zero-order valence-electron chi connectivity index (χ0n) is 26.2. The van der Waals surface area contributed by atoms with Crippen molar-refractivity contribution in [3.63, 3.8) is 0 Å². The Balaban J connectivity index is 1.95. The van der Waals surface area contributed by atoms with E-state index in [1.54, 1.807) is 0 Å². The summed E-state index contributed by atoms with van der Waals surface area (Å²) in [6.45, 7) is 0. The van der Waals surface area contributed by atoms with Gasteiger partial charge in [0.1, 0.15) is 118 Å². The van der Waals surface area contributed by atoms with Crippen molar-refractivity contribution in [1.29, 1.82) is 0 Å². The van der Waals surface area contributed by atoms with Gasteiger partial charge in [0.2, 0.25) is 0 Å². The third-order valence-electron chi connectivity index (χ3n) is 9.66. The lowest BCUT2D eigenvalue weighted by Gasteiger charge is -2.31. The third-order valence-corrected chi connectivity index (χ3v) is 9.66. The molecular weight excluding hydrogens is 571 g/mol. The fourth-order valence-corrected chi connectivity index (χ4v) is 7.09. The van der Waals surface area contributed by atoms with Gasteiger partial charge in [-0.25, -0.2) is 0 Å². The van der Waals surface area contributed by atoms with E-state index in [0.29, 0.717) is 32.7 Å². The molecule has 0 aromatic heterocycles. The summed E-state index contributed by atoms with van der Waals surface area (Å²) in [4.78, 5) is 0. The molecule has 0 saturated heterocycles.